The summed E-state index contributed by atoms with van der Waals surface area (Å²) in [5, 5.41) is 0. The molecular formula is C12H24O. The summed E-state index contributed by atoms with van der Waals surface area (Å²) in [6.45, 7) is 9.43. The molecule has 1 heteroatoms. The smallest absolute Gasteiger partial charge is 0.0650 e. The summed E-state index contributed by atoms with van der Waals surface area (Å²) in [5.74, 6) is 0.834. The third-order valence-corrected chi connectivity index (χ3v) is 1.84. The van der Waals surface area contributed by atoms with Gasteiger partial charge in [-0.05, 0) is 32.6 Å². The van der Waals surface area contributed by atoms with Crippen molar-refractivity contribution in [3.05, 3.63) is 12.2 Å². The van der Waals surface area contributed by atoms with Crippen LogP contribution in [0.1, 0.15) is 47.0 Å². The standard InChI is InChI=1S/C12H24O/c1-11(2)9-7-5-6-8-10-13-12(3)4/h6,8,11-12H,5,7,9-10H2,1-4H3. The topological polar surface area (TPSA) is 9.23 Å². The summed E-state index contributed by atoms with van der Waals surface area (Å²) in [7, 11) is 0. The van der Waals surface area contributed by atoms with Crippen LogP contribution in [0, 0.1) is 5.92 Å². The highest BCUT2D eigenvalue weighted by Crippen LogP contribution is 2.06. The molecule has 0 radical (unpaired) electrons. The van der Waals surface area contributed by atoms with E-state index in [2.05, 4.69) is 39.8 Å². The Morgan fingerprint density at radius 1 is 1.08 bits per heavy atom. The van der Waals surface area contributed by atoms with Gasteiger partial charge in [-0.2, -0.15) is 0 Å². The SMILES string of the molecule is CC(C)CCCC=CCOC(C)C. The zero-order chi connectivity index (χ0) is 10.1. The van der Waals surface area contributed by atoms with E-state index in [1.54, 1.807) is 0 Å². The largest absolute Gasteiger partial charge is 0.375 e. The van der Waals surface area contributed by atoms with Crippen LogP contribution in [0.25, 0.3) is 0 Å². The van der Waals surface area contributed by atoms with Gasteiger partial charge >= 0.3 is 0 Å². The molecule has 0 bridgehead atoms. The van der Waals surface area contributed by atoms with E-state index < -0.39 is 0 Å². The highest BCUT2D eigenvalue weighted by atomic mass is 16.5. The van der Waals surface area contributed by atoms with Crippen molar-refractivity contribution < 1.29 is 4.74 Å². The second-order valence-electron chi connectivity index (χ2n) is 4.18. The van der Waals surface area contributed by atoms with E-state index in [9.17, 15) is 0 Å². The maximum absolute atomic E-state index is 5.38. The maximum atomic E-state index is 5.38. The van der Waals surface area contributed by atoms with Crippen molar-refractivity contribution in [1.29, 1.82) is 0 Å². The minimum Gasteiger partial charge on any atom is -0.375 e. The first-order valence-corrected chi connectivity index (χ1v) is 5.39. The number of allylic oxidation sites excluding steroid dienone is 1. The van der Waals surface area contributed by atoms with E-state index >= 15 is 0 Å². The minimum atomic E-state index is 0.348. The normalized spacial score (nSPS) is 12.2. The molecule has 0 fully saturated rings. The molecular weight excluding hydrogens is 160 g/mol. The lowest BCUT2D eigenvalue weighted by Gasteiger charge is -2.03. The molecule has 0 saturated heterocycles. The van der Waals surface area contributed by atoms with Crippen molar-refractivity contribution in [2.24, 2.45) is 5.92 Å². The number of ether oxygens (including phenoxy) is 1. The molecule has 0 aromatic carbocycles. The Morgan fingerprint density at radius 2 is 1.77 bits per heavy atom. The van der Waals surface area contributed by atoms with Gasteiger partial charge in [0.15, 0.2) is 0 Å². The summed E-state index contributed by atoms with van der Waals surface area (Å²) in [6.07, 6.45) is 8.52. The lowest BCUT2D eigenvalue weighted by Crippen LogP contribution is -2.01. The van der Waals surface area contributed by atoms with Crippen molar-refractivity contribution in [3.8, 4) is 0 Å². The number of unbranched alkanes of at least 4 members (excludes halogenated alkanes) is 1. The third kappa shape index (κ3) is 11.7. The molecule has 78 valence electrons. The van der Waals surface area contributed by atoms with E-state index in [-0.39, 0.29) is 0 Å². The van der Waals surface area contributed by atoms with Gasteiger partial charge in [0.2, 0.25) is 0 Å². The molecule has 0 unspecified atom stereocenters. The van der Waals surface area contributed by atoms with Crippen LogP contribution in [0.3, 0.4) is 0 Å². The Hall–Kier alpha value is -0.300. The van der Waals surface area contributed by atoms with Crippen molar-refractivity contribution in [2.45, 2.75) is 53.1 Å². The van der Waals surface area contributed by atoms with Crippen molar-refractivity contribution in [1.82, 2.24) is 0 Å². The molecule has 0 amide bonds. The minimum absolute atomic E-state index is 0.348. The summed E-state index contributed by atoms with van der Waals surface area (Å²) >= 11 is 0. The Morgan fingerprint density at radius 3 is 2.31 bits per heavy atom. The summed E-state index contributed by atoms with van der Waals surface area (Å²) in [4.78, 5) is 0. The zero-order valence-electron chi connectivity index (χ0n) is 9.55. The number of hydrogen-bond donors (Lipinski definition) is 0. The second kappa shape index (κ2) is 8.31. The van der Waals surface area contributed by atoms with E-state index in [1.165, 1.54) is 19.3 Å². The fourth-order valence-electron chi connectivity index (χ4n) is 1.08. The Bertz CT molecular complexity index is 125. The third-order valence-electron chi connectivity index (χ3n) is 1.84. The molecule has 1 nitrogen and oxygen atoms in total. The molecule has 0 heterocycles. The maximum Gasteiger partial charge on any atom is 0.0650 e. The van der Waals surface area contributed by atoms with Crippen LogP contribution in [0.4, 0.5) is 0 Å². The Kier molecular flexibility index (Phi) is 8.11. The first kappa shape index (κ1) is 12.7. The number of rotatable bonds is 7. The molecule has 0 saturated carbocycles. The van der Waals surface area contributed by atoms with Gasteiger partial charge in [-0.1, -0.05) is 32.4 Å². The molecule has 0 aromatic heterocycles. The molecule has 0 aliphatic carbocycles. The van der Waals surface area contributed by atoms with Gasteiger partial charge in [0.25, 0.3) is 0 Å². The lowest BCUT2D eigenvalue weighted by molar-refractivity contribution is 0.102. The van der Waals surface area contributed by atoms with Gasteiger partial charge in [0.05, 0.1) is 12.7 Å². The lowest BCUT2D eigenvalue weighted by atomic mass is 10.1. The van der Waals surface area contributed by atoms with Gasteiger partial charge < -0.3 is 4.74 Å². The average Bonchev–Trinajstić information content (AvgIpc) is 2.01. The zero-order valence-corrected chi connectivity index (χ0v) is 9.55. The van der Waals surface area contributed by atoms with Crippen LogP contribution >= 0.6 is 0 Å². The van der Waals surface area contributed by atoms with Crippen molar-refractivity contribution in [3.63, 3.8) is 0 Å². The molecule has 13 heavy (non-hydrogen) atoms. The van der Waals surface area contributed by atoms with Crippen LogP contribution in [0.5, 0.6) is 0 Å². The summed E-state index contributed by atoms with van der Waals surface area (Å²) in [6, 6.07) is 0. The van der Waals surface area contributed by atoms with E-state index in [0.717, 1.165) is 12.5 Å². The van der Waals surface area contributed by atoms with Gasteiger partial charge in [0.1, 0.15) is 0 Å². The Balaban J connectivity index is 3.13. The number of hydrogen-bond acceptors (Lipinski definition) is 1. The first-order chi connectivity index (χ1) is 6.13. The van der Waals surface area contributed by atoms with Crippen molar-refractivity contribution >= 4 is 0 Å². The van der Waals surface area contributed by atoms with Gasteiger partial charge in [-0.25, -0.2) is 0 Å². The summed E-state index contributed by atoms with van der Waals surface area (Å²) < 4.78 is 5.38. The highest BCUT2D eigenvalue weighted by Gasteiger charge is 1.91. The van der Waals surface area contributed by atoms with Gasteiger partial charge in [-0.15, -0.1) is 0 Å². The molecule has 0 atom stereocenters. The molecule has 0 rings (SSSR count). The molecule has 0 spiro atoms. The van der Waals surface area contributed by atoms with Crippen LogP contribution in [0.2, 0.25) is 0 Å². The van der Waals surface area contributed by atoms with Crippen LogP contribution in [-0.2, 0) is 4.74 Å². The van der Waals surface area contributed by atoms with Gasteiger partial charge in [-0.3, -0.25) is 0 Å². The van der Waals surface area contributed by atoms with E-state index in [0.29, 0.717) is 6.10 Å². The van der Waals surface area contributed by atoms with Gasteiger partial charge in [0, 0.05) is 0 Å². The fraction of sp³-hybridized carbons (Fsp3) is 0.833. The highest BCUT2D eigenvalue weighted by molar-refractivity contribution is 4.81. The van der Waals surface area contributed by atoms with E-state index in [1.807, 2.05) is 0 Å². The Labute approximate surface area is 83.2 Å². The van der Waals surface area contributed by atoms with Crippen molar-refractivity contribution in [2.75, 3.05) is 6.61 Å². The molecule has 0 aliphatic rings. The van der Waals surface area contributed by atoms with E-state index in [4.69, 9.17) is 4.74 Å². The first-order valence-electron chi connectivity index (χ1n) is 5.39. The fourth-order valence-corrected chi connectivity index (χ4v) is 1.08. The average molecular weight is 184 g/mol. The molecule has 0 aromatic rings. The predicted octanol–water partition coefficient (Wildman–Crippen LogP) is 3.79. The van der Waals surface area contributed by atoms with Crippen LogP contribution in [-0.4, -0.2) is 12.7 Å². The van der Waals surface area contributed by atoms with Crippen LogP contribution < -0.4 is 0 Å². The predicted molar refractivity (Wildman–Crippen MR) is 58.9 cm³/mol. The molecule has 0 N–H and O–H groups in total. The quantitative estimate of drug-likeness (QED) is 0.432. The monoisotopic (exact) mass is 184 g/mol. The molecule has 0 aliphatic heterocycles. The summed E-state index contributed by atoms with van der Waals surface area (Å²) in [5.41, 5.74) is 0. The van der Waals surface area contributed by atoms with Crippen LogP contribution in [0.15, 0.2) is 12.2 Å². The second-order valence-corrected chi connectivity index (χ2v) is 4.18.